The zero-order valence-electron chi connectivity index (χ0n) is 7.66. The first-order chi connectivity index (χ1) is 6.81. The number of halogens is 1. The van der Waals surface area contributed by atoms with Gasteiger partial charge in [-0.2, -0.15) is 4.99 Å². The first-order valence-electron chi connectivity index (χ1n) is 4.66. The van der Waals surface area contributed by atoms with E-state index < -0.39 is 0 Å². The summed E-state index contributed by atoms with van der Waals surface area (Å²) in [4.78, 5) is 13.9. The number of fused-ring (bicyclic) bond motifs is 1. The van der Waals surface area contributed by atoms with Crippen molar-refractivity contribution in [2.24, 2.45) is 4.99 Å². The lowest BCUT2D eigenvalue weighted by molar-refractivity contribution is 0.535. The van der Waals surface area contributed by atoms with Crippen LogP contribution in [0.25, 0.3) is 0 Å². The molecule has 0 amide bonds. The Morgan fingerprint density at radius 3 is 3.14 bits per heavy atom. The van der Waals surface area contributed by atoms with E-state index in [9.17, 15) is 9.18 Å². The minimum atomic E-state index is -0.223. The summed E-state index contributed by atoms with van der Waals surface area (Å²) in [6.07, 6.45) is 4.25. The molecule has 2 nitrogen and oxygen atoms in total. The van der Waals surface area contributed by atoms with Crippen LogP contribution in [0.5, 0.6) is 0 Å². The van der Waals surface area contributed by atoms with E-state index in [2.05, 4.69) is 4.99 Å². The molecular weight excluding hydrogens is 181 g/mol. The Hall–Kier alpha value is -1.47. The van der Waals surface area contributed by atoms with E-state index in [1.54, 1.807) is 12.1 Å². The van der Waals surface area contributed by atoms with Gasteiger partial charge in [0.15, 0.2) is 0 Å². The van der Waals surface area contributed by atoms with Gasteiger partial charge in [-0.1, -0.05) is 6.07 Å². The fourth-order valence-corrected chi connectivity index (χ4v) is 1.95. The molecular formula is C11H10FNO. The van der Waals surface area contributed by atoms with Gasteiger partial charge < -0.3 is 0 Å². The molecule has 0 spiro atoms. The number of hydrogen-bond donors (Lipinski definition) is 0. The molecule has 0 N–H and O–H groups in total. The summed E-state index contributed by atoms with van der Waals surface area (Å²) >= 11 is 0. The van der Waals surface area contributed by atoms with Gasteiger partial charge in [0.2, 0.25) is 6.08 Å². The van der Waals surface area contributed by atoms with Crippen molar-refractivity contribution in [2.45, 2.75) is 25.3 Å². The van der Waals surface area contributed by atoms with Crippen molar-refractivity contribution < 1.29 is 9.18 Å². The van der Waals surface area contributed by atoms with Crippen LogP contribution in [0, 0.1) is 5.82 Å². The van der Waals surface area contributed by atoms with Gasteiger partial charge >= 0.3 is 0 Å². The van der Waals surface area contributed by atoms with Crippen LogP contribution in [0.3, 0.4) is 0 Å². The van der Waals surface area contributed by atoms with Gasteiger partial charge in [-0.3, -0.25) is 0 Å². The third kappa shape index (κ3) is 1.59. The summed E-state index contributed by atoms with van der Waals surface area (Å²) in [5, 5.41) is 0. The molecule has 0 heterocycles. The topological polar surface area (TPSA) is 29.4 Å². The van der Waals surface area contributed by atoms with Gasteiger partial charge in [0.1, 0.15) is 5.82 Å². The van der Waals surface area contributed by atoms with Crippen molar-refractivity contribution in [3.8, 4) is 0 Å². The van der Waals surface area contributed by atoms with E-state index in [1.807, 2.05) is 0 Å². The second-order valence-corrected chi connectivity index (χ2v) is 3.47. The first kappa shape index (κ1) is 9.10. The van der Waals surface area contributed by atoms with Crippen molar-refractivity contribution in [2.75, 3.05) is 0 Å². The number of benzene rings is 1. The molecule has 2 rings (SSSR count). The van der Waals surface area contributed by atoms with E-state index in [0.717, 1.165) is 30.4 Å². The van der Waals surface area contributed by atoms with Crippen LogP contribution in [0.15, 0.2) is 23.2 Å². The minimum absolute atomic E-state index is 0.114. The Morgan fingerprint density at radius 2 is 2.36 bits per heavy atom. The predicted molar refractivity (Wildman–Crippen MR) is 50.2 cm³/mol. The summed E-state index contributed by atoms with van der Waals surface area (Å²) in [6.45, 7) is 0. The third-order valence-electron chi connectivity index (χ3n) is 2.60. The van der Waals surface area contributed by atoms with E-state index in [-0.39, 0.29) is 11.9 Å². The number of aliphatic imine (C=N–C) groups is 1. The third-order valence-corrected chi connectivity index (χ3v) is 2.60. The Bertz CT molecular complexity index is 396. The summed E-state index contributed by atoms with van der Waals surface area (Å²) in [5.41, 5.74) is 1.95. The molecule has 0 bridgehead atoms. The molecule has 1 unspecified atom stereocenters. The average Bonchev–Trinajstić information content (AvgIpc) is 2.18. The van der Waals surface area contributed by atoms with Crippen molar-refractivity contribution in [1.29, 1.82) is 0 Å². The molecule has 3 heteroatoms. The van der Waals surface area contributed by atoms with Crippen LogP contribution in [0.4, 0.5) is 4.39 Å². The number of nitrogens with zero attached hydrogens (tertiary/aromatic N) is 1. The van der Waals surface area contributed by atoms with Gasteiger partial charge in [-0.05, 0) is 42.5 Å². The highest BCUT2D eigenvalue weighted by Crippen LogP contribution is 2.32. The SMILES string of the molecule is O=C=NC1CCCc2cc(F)ccc21. The van der Waals surface area contributed by atoms with Crippen molar-refractivity contribution >= 4 is 6.08 Å². The maximum absolute atomic E-state index is 12.9. The van der Waals surface area contributed by atoms with E-state index in [4.69, 9.17) is 0 Å². The molecule has 0 aliphatic heterocycles. The summed E-state index contributed by atoms with van der Waals surface area (Å²) in [6, 6.07) is 4.55. The monoisotopic (exact) mass is 191 g/mol. The average molecular weight is 191 g/mol. The first-order valence-corrected chi connectivity index (χ1v) is 4.66. The van der Waals surface area contributed by atoms with Gasteiger partial charge in [0.25, 0.3) is 0 Å². The fourth-order valence-electron chi connectivity index (χ4n) is 1.95. The summed E-state index contributed by atoms with van der Waals surface area (Å²) < 4.78 is 12.9. The lowest BCUT2D eigenvalue weighted by Gasteiger charge is -2.20. The Balaban J connectivity index is 2.44. The van der Waals surface area contributed by atoms with E-state index >= 15 is 0 Å². The van der Waals surface area contributed by atoms with Gasteiger partial charge in [0, 0.05) is 0 Å². The normalized spacial score (nSPS) is 19.6. The van der Waals surface area contributed by atoms with Gasteiger partial charge in [-0.25, -0.2) is 9.18 Å². The molecule has 72 valence electrons. The lowest BCUT2D eigenvalue weighted by atomic mass is 9.88. The molecule has 0 saturated heterocycles. The standard InChI is InChI=1S/C11H10FNO/c12-9-4-5-10-8(6-9)2-1-3-11(10)13-7-14/h4-6,11H,1-3H2. The smallest absolute Gasteiger partial charge is 0.211 e. The van der Waals surface area contributed by atoms with E-state index in [1.165, 1.54) is 12.1 Å². The van der Waals surface area contributed by atoms with Crippen LogP contribution in [-0.2, 0) is 11.2 Å². The maximum Gasteiger partial charge on any atom is 0.235 e. The molecule has 0 radical (unpaired) electrons. The highest BCUT2D eigenvalue weighted by atomic mass is 19.1. The van der Waals surface area contributed by atoms with Gasteiger partial charge in [0.05, 0.1) is 6.04 Å². The largest absolute Gasteiger partial charge is 0.235 e. The molecule has 1 aliphatic rings. The number of hydrogen-bond acceptors (Lipinski definition) is 2. The molecule has 0 fully saturated rings. The number of rotatable bonds is 1. The second-order valence-electron chi connectivity index (χ2n) is 3.47. The van der Waals surface area contributed by atoms with Crippen LogP contribution in [0.2, 0.25) is 0 Å². The molecule has 14 heavy (non-hydrogen) atoms. The zero-order chi connectivity index (χ0) is 9.97. The zero-order valence-corrected chi connectivity index (χ0v) is 7.66. The summed E-state index contributed by atoms with van der Waals surface area (Å²) in [7, 11) is 0. The molecule has 0 saturated carbocycles. The van der Waals surface area contributed by atoms with Crippen LogP contribution < -0.4 is 0 Å². The Labute approximate surface area is 81.5 Å². The lowest BCUT2D eigenvalue weighted by Crippen LogP contribution is -2.08. The Kier molecular flexibility index (Phi) is 2.42. The summed E-state index contributed by atoms with van der Waals surface area (Å²) in [5.74, 6) is -0.223. The molecule has 1 aromatic carbocycles. The van der Waals surface area contributed by atoms with Gasteiger partial charge in [-0.15, -0.1) is 0 Å². The number of carbonyl (C=O) groups excluding carboxylic acids is 1. The maximum atomic E-state index is 12.9. The fraction of sp³-hybridized carbons (Fsp3) is 0.364. The van der Waals surface area contributed by atoms with Crippen LogP contribution in [-0.4, -0.2) is 6.08 Å². The van der Waals surface area contributed by atoms with Crippen LogP contribution in [0.1, 0.15) is 30.0 Å². The molecule has 1 aromatic rings. The van der Waals surface area contributed by atoms with Crippen molar-refractivity contribution in [3.63, 3.8) is 0 Å². The quantitative estimate of drug-likeness (QED) is 0.495. The molecule has 1 atom stereocenters. The van der Waals surface area contributed by atoms with Crippen molar-refractivity contribution in [1.82, 2.24) is 0 Å². The second kappa shape index (κ2) is 3.72. The minimum Gasteiger partial charge on any atom is -0.211 e. The highest BCUT2D eigenvalue weighted by molar-refractivity contribution is 5.39. The van der Waals surface area contributed by atoms with Crippen molar-refractivity contribution in [3.05, 3.63) is 35.1 Å². The van der Waals surface area contributed by atoms with Crippen LogP contribution >= 0.6 is 0 Å². The molecule has 1 aliphatic carbocycles. The Morgan fingerprint density at radius 1 is 1.50 bits per heavy atom. The number of isocyanates is 1. The van der Waals surface area contributed by atoms with E-state index in [0.29, 0.717) is 0 Å². The predicted octanol–water partition coefficient (Wildman–Crippen LogP) is 2.54. The number of aryl methyl sites for hydroxylation is 1. The highest BCUT2D eigenvalue weighted by Gasteiger charge is 2.19. The molecule has 0 aromatic heterocycles.